The Morgan fingerprint density at radius 2 is 1.88 bits per heavy atom. The molecular weight excluding hydrogens is 208 g/mol. The summed E-state index contributed by atoms with van der Waals surface area (Å²) in [6.07, 6.45) is 4.31. The van der Waals surface area contributed by atoms with Gasteiger partial charge in [0.15, 0.2) is 0 Å². The molecule has 0 amide bonds. The van der Waals surface area contributed by atoms with E-state index in [4.69, 9.17) is 5.26 Å². The molecule has 0 aliphatic heterocycles. The second-order valence-corrected chi connectivity index (χ2v) is 4.62. The fraction of sp³-hybridized carbons (Fsp3) is 0.400. The van der Waals surface area contributed by atoms with Crippen LogP contribution in [0.15, 0.2) is 35.5 Å². The van der Waals surface area contributed by atoms with Crippen LogP contribution in [0.5, 0.6) is 0 Å². The van der Waals surface area contributed by atoms with Crippen molar-refractivity contribution >= 4 is 0 Å². The van der Waals surface area contributed by atoms with E-state index in [-0.39, 0.29) is 0 Å². The van der Waals surface area contributed by atoms with Gasteiger partial charge in [0.1, 0.15) is 0 Å². The molecule has 0 radical (unpaired) electrons. The van der Waals surface area contributed by atoms with Crippen LogP contribution in [0, 0.1) is 18.3 Å². The molecule has 0 atom stereocenters. The molecule has 0 aromatic heterocycles. The fourth-order valence-electron chi connectivity index (χ4n) is 2.14. The number of hydrogen-bond acceptors (Lipinski definition) is 2. The van der Waals surface area contributed by atoms with Crippen molar-refractivity contribution in [2.75, 3.05) is 0 Å². The predicted molar refractivity (Wildman–Crippen MR) is 69.1 cm³/mol. The molecule has 1 aliphatic carbocycles. The molecule has 0 saturated heterocycles. The molecule has 0 fully saturated rings. The van der Waals surface area contributed by atoms with E-state index in [1.165, 1.54) is 17.5 Å². The van der Waals surface area contributed by atoms with E-state index in [0.29, 0.717) is 0 Å². The first kappa shape index (κ1) is 11.7. The highest BCUT2D eigenvalue weighted by molar-refractivity contribution is 5.29. The summed E-state index contributed by atoms with van der Waals surface area (Å²) in [5.41, 5.74) is 4.65. The van der Waals surface area contributed by atoms with Gasteiger partial charge in [0.25, 0.3) is 0 Å². The number of aryl methyl sites for hydroxylation is 1. The molecule has 0 bridgehead atoms. The number of nitrogens with zero attached hydrogens (tertiary/aromatic N) is 1. The van der Waals surface area contributed by atoms with Gasteiger partial charge >= 0.3 is 0 Å². The number of nitrogens with one attached hydrogen (secondary N) is 1. The Kier molecular flexibility index (Phi) is 3.82. The first-order valence-electron chi connectivity index (χ1n) is 6.21. The first-order valence-corrected chi connectivity index (χ1v) is 6.21. The number of rotatable bonds is 3. The average Bonchev–Trinajstić information content (AvgIpc) is 2.38. The van der Waals surface area contributed by atoms with Gasteiger partial charge in [-0.2, -0.15) is 5.26 Å². The van der Waals surface area contributed by atoms with Crippen LogP contribution in [0.25, 0.3) is 0 Å². The third-order valence-corrected chi connectivity index (χ3v) is 3.23. The Morgan fingerprint density at radius 1 is 1.18 bits per heavy atom. The van der Waals surface area contributed by atoms with Crippen LogP contribution in [-0.4, -0.2) is 0 Å². The highest BCUT2D eigenvalue weighted by atomic mass is 14.9. The zero-order chi connectivity index (χ0) is 12.1. The molecule has 1 aromatic rings. The Bertz CT molecular complexity index is 449. The number of allylic oxidation sites excluding steroid dienone is 2. The van der Waals surface area contributed by atoms with Gasteiger partial charge in [-0.05, 0) is 38.2 Å². The highest BCUT2D eigenvalue weighted by Crippen LogP contribution is 2.22. The van der Waals surface area contributed by atoms with E-state index in [1.54, 1.807) is 0 Å². The van der Waals surface area contributed by atoms with E-state index in [0.717, 1.165) is 37.1 Å². The maximum Gasteiger partial charge on any atom is 0.0965 e. The van der Waals surface area contributed by atoms with Crippen LogP contribution < -0.4 is 5.32 Å². The van der Waals surface area contributed by atoms with Gasteiger partial charge in [-0.15, -0.1) is 0 Å². The Balaban J connectivity index is 2.00. The van der Waals surface area contributed by atoms with Gasteiger partial charge in [0.05, 0.1) is 6.07 Å². The van der Waals surface area contributed by atoms with Crippen LogP contribution in [0.3, 0.4) is 0 Å². The summed E-state index contributed by atoms with van der Waals surface area (Å²) in [7, 11) is 0. The molecular formula is C15H18N2. The quantitative estimate of drug-likeness (QED) is 0.857. The number of benzene rings is 1. The summed E-state index contributed by atoms with van der Waals surface area (Å²) in [4.78, 5) is 0. The Morgan fingerprint density at radius 3 is 2.59 bits per heavy atom. The summed E-state index contributed by atoms with van der Waals surface area (Å²) in [5, 5.41) is 12.5. The third kappa shape index (κ3) is 3.10. The van der Waals surface area contributed by atoms with Crippen LogP contribution in [0.4, 0.5) is 0 Å². The minimum Gasteiger partial charge on any atom is -0.383 e. The first-order chi connectivity index (χ1) is 8.29. The topological polar surface area (TPSA) is 35.8 Å². The van der Waals surface area contributed by atoms with Crippen molar-refractivity contribution in [1.82, 2.24) is 5.32 Å². The molecule has 2 nitrogen and oxygen atoms in total. The van der Waals surface area contributed by atoms with Gasteiger partial charge in [0.2, 0.25) is 0 Å². The van der Waals surface area contributed by atoms with Gasteiger partial charge in [0, 0.05) is 17.8 Å². The Labute approximate surface area is 103 Å². The lowest BCUT2D eigenvalue weighted by Crippen LogP contribution is -2.17. The number of nitriles is 1. The number of hydrogen-bond donors (Lipinski definition) is 1. The molecule has 88 valence electrons. The minimum absolute atomic E-state index is 0.820. The van der Waals surface area contributed by atoms with E-state index in [1.807, 2.05) is 0 Å². The lowest BCUT2D eigenvalue weighted by molar-refractivity contribution is 0.625. The van der Waals surface area contributed by atoms with Gasteiger partial charge in [-0.1, -0.05) is 29.8 Å². The molecule has 2 rings (SSSR count). The average molecular weight is 226 g/mol. The normalized spacial score (nSPS) is 15.5. The van der Waals surface area contributed by atoms with Gasteiger partial charge < -0.3 is 5.32 Å². The summed E-state index contributed by atoms with van der Waals surface area (Å²) in [6.45, 7) is 2.91. The second kappa shape index (κ2) is 5.54. The lowest BCUT2D eigenvalue weighted by Gasteiger charge is -2.17. The monoisotopic (exact) mass is 226 g/mol. The molecule has 1 aliphatic rings. The third-order valence-electron chi connectivity index (χ3n) is 3.23. The summed E-state index contributed by atoms with van der Waals surface area (Å²) in [6, 6.07) is 10.8. The van der Waals surface area contributed by atoms with Crippen molar-refractivity contribution in [1.29, 1.82) is 5.26 Å². The smallest absolute Gasteiger partial charge is 0.0965 e. The molecule has 2 heteroatoms. The standard InChI is InChI=1S/C15H18N2/c1-12-6-8-13(9-7-12)11-17-15-5-3-2-4-14(15)10-16/h6-9,17H,2-5,11H2,1H3. The lowest BCUT2D eigenvalue weighted by atomic mass is 9.97. The van der Waals surface area contributed by atoms with Crippen molar-refractivity contribution in [3.8, 4) is 6.07 Å². The maximum atomic E-state index is 9.05. The predicted octanol–water partition coefficient (Wildman–Crippen LogP) is 3.44. The van der Waals surface area contributed by atoms with Gasteiger partial charge in [-0.25, -0.2) is 0 Å². The van der Waals surface area contributed by atoms with Crippen molar-refractivity contribution in [3.05, 3.63) is 46.7 Å². The zero-order valence-corrected chi connectivity index (χ0v) is 10.3. The van der Waals surface area contributed by atoms with E-state index in [9.17, 15) is 0 Å². The van der Waals surface area contributed by atoms with Gasteiger partial charge in [-0.3, -0.25) is 0 Å². The molecule has 0 heterocycles. The largest absolute Gasteiger partial charge is 0.383 e. The maximum absolute atomic E-state index is 9.05. The molecule has 0 spiro atoms. The Hall–Kier alpha value is -1.75. The van der Waals surface area contributed by atoms with Crippen molar-refractivity contribution in [2.24, 2.45) is 0 Å². The van der Waals surface area contributed by atoms with E-state index >= 15 is 0 Å². The molecule has 0 unspecified atom stereocenters. The summed E-state index contributed by atoms with van der Waals surface area (Å²) < 4.78 is 0. The van der Waals surface area contributed by atoms with Crippen LogP contribution >= 0.6 is 0 Å². The van der Waals surface area contributed by atoms with Crippen LogP contribution in [0.2, 0.25) is 0 Å². The SMILES string of the molecule is Cc1ccc(CNC2=C(C#N)CCCC2)cc1. The second-order valence-electron chi connectivity index (χ2n) is 4.62. The van der Waals surface area contributed by atoms with E-state index in [2.05, 4.69) is 42.6 Å². The zero-order valence-electron chi connectivity index (χ0n) is 10.3. The summed E-state index contributed by atoms with van der Waals surface area (Å²) in [5.74, 6) is 0. The highest BCUT2D eigenvalue weighted by Gasteiger charge is 2.11. The molecule has 1 N–H and O–H groups in total. The molecule has 0 saturated carbocycles. The molecule has 17 heavy (non-hydrogen) atoms. The minimum atomic E-state index is 0.820. The van der Waals surface area contributed by atoms with Crippen LogP contribution in [0.1, 0.15) is 36.8 Å². The van der Waals surface area contributed by atoms with Crippen molar-refractivity contribution in [2.45, 2.75) is 39.2 Å². The van der Waals surface area contributed by atoms with Crippen molar-refractivity contribution in [3.63, 3.8) is 0 Å². The van der Waals surface area contributed by atoms with Crippen LogP contribution in [-0.2, 0) is 6.54 Å². The summed E-state index contributed by atoms with van der Waals surface area (Å²) >= 11 is 0. The molecule has 1 aromatic carbocycles. The van der Waals surface area contributed by atoms with Crippen molar-refractivity contribution < 1.29 is 0 Å². The van der Waals surface area contributed by atoms with E-state index < -0.39 is 0 Å². The fourth-order valence-corrected chi connectivity index (χ4v) is 2.14.